The highest BCUT2D eigenvalue weighted by Crippen LogP contribution is 2.18. The van der Waals surface area contributed by atoms with Gasteiger partial charge in [0.25, 0.3) is 5.56 Å². The van der Waals surface area contributed by atoms with Crippen LogP contribution in [-0.4, -0.2) is 70.2 Å². The summed E-state index contributed by atoms with van der Waals surface area (Å²) in [6.45, 7) is 10.3. The van der Waals surface area contributed by atoms with Gasteiger partial charge >= 0.3 is 0 Å². The molecular weight excluding hydrogens is 346 g/mol. The van der Waals surface area contributed by atoms with Gasteiger partial charge < -0.3 is 10.2 Å². The van der Waals surface area contributed by atoms with Crippen molar-refractivity contribution in [2.45, 2.75) is 51.6 Å². The van der Waals surface area contributed by atoms with Gasteiger partial charge in [-0.15, -0.1) is 0 Å². The summed E-state index contributed by atoms with van der Waals surface area (Å²) in [6, 6.07) is 3.03. The maximum Gasteiger partial charge on any atom is 0.266 e. The predicted molar refractivity (Wildman–Crippen MR) is 101 cm³/mol. The van der Waals surface area contributed by atoms with Crippen molar-refractivity contribution in [3.8, 4) is 0 Å². The Kier molecular flexibility index (Phi) is 5.64. The predicted octanol–water partition coefficient (Wildman–Crippen LogP) is -0.0364. The van der Waals surface area contributed by atoms with Crippen molar-refractivity contribution < 1.29 is 9.59 Å². The number of hydrogen-bond acceptors (Lipinski definition) is 5. The van der Waals surface area contributed by atoms with Crippen LogP contribution in [0.1, 0.15) is 39.3 Å². The second-order valence-electron chi connectivity index (χ2n) is 8.36. The lowest BCUT2D eigenvalue weighted by molar-refractivity contribution is -0.136. The van der Waals surface area contributed by atoms with Gasteiger partial charge in [0, 0.05) is 50.6 Å². The lowest BCUT2D eigenvalue weighted by atomic mass is 9.92. The zero-order valence-electron chi connectivity index (χ0n) is 16.4. The molecule has 2 amide bonds. The van der Waals surface area contributed by atoms with Crippen LogP contribution >= 0.6 is 0 Å². The van der Waals surface area contributed by atoms with E-state index in [0.717, 1.165) is 25.3 Å². The van der Waals surface area contributed by atoms with Crippen molar-refractivity contribution >= 4 is 11.8 Å². The van der Waals surface area contributed by atoms with Gasteiger partial charge in [-0.1, -0.05) is 20.8 Å². The first kappa shape index (κ1) is 19.5. The molecule has 3 rings (SSSR count). The molecule has 1 atom stereocenters. The van der Waals surface area contributed by atoms with Crippen LogP contribution in [0.15, 0.2) is 16.9 Å². The topological polar surface area (TPSA) is 87.5 Å². The van der Waals surface area contributed by atoms with Crippen molar-refractivity contribution in [2.24, 2.45) is 0 Å². The molecule has 8 nitrogen and oxygen atoms in total. The molecule has 148 valence electrons. The van der Waals surface area contributed by atoms with Gasteiger partial charge in [-0.25, -0.2) is 4.68 Å². The van der Waals surface area contributed by atoms with E-state index < -0.39 is 0 Å². The van der Waals surface area contributed by atoms with Gasteiger partial charge in [0.1, 0.15) is 6.04 Å². The number of aromatic nitrogens is 2. The highest BCUT2D eigenvalue weighted by Gasteiger charge is 2.32. The Hall–Kier alpha value is -2.22. The van der Waals surface area contributed by atoms with Crippen LogP contribution < -0.4 is 10.9 Å². The van der Waals surface area contributed by atoms with Crippen LogP contribution in [0.25, 0.3) is 0 Å². The second-order valence-corrected chi connectivity index (χ2v) is 8.36. The fraction of sp³-hybridized carbons (Fsp3) is 0.684. The molecular formula is C19H29N5O3. The van der Waals surface area contributed by atoms with Crippen LogP contribution in [0, 0.1) is 0 Å². The second kappa shape index (κ2) is 7.80. The zero-order valence-corrected chi connectivity index (χ0v) is 16.4. The highest BCUT2D eigenvalue weighted by molar-refractivity contribution is 5.90. The van der Waals surface area contributed by atoms with E-state index in [-0.39, 0.29) is 28.8 Å². The first-order valence-electron chi connectivity index (χ1n) is 9.63. The van der Waals surface area contributed by atoms with Gasteiger partial charge in [0.05, 0.1) is 12.2 Å². The molecule has 0 bridgehead atoms. The molecule has 8 heteroatoms. The number of nitrogens with one attached hydrogen (secondary N) is 1. The standard InChI is InChI=1S/C19H29N5O3/c1-19(2,3)15-5-7-17(26)24(21-15)13-10-22-8-11-23(12-9-22)18(27)14-4-6-16(25)20-14/h5,7,14H,4,6,8-13H2,1-3H3,(H,20,25). The number of rotatable bonds is 4. The maximum absolute atomic E-state index is 12.4. The van der Waals surface area contributed by atoms with E-state index in [9.17, 15) is 14.4 Å². The maximum atomic E-state index is 12.4. The van der Waals surface area contributed by atoms with E-state index in [2.05, 4.69) is 36.1 Å². The van der Waals surface area contributed by atoms with E-state index >= 15 is 0 Å². The van der Waals surface area contributed by atoms with E-state index in [1.807, 2.05) is 4.90 Å². The monoisotopic (exact) mass is 375 g/mol. The van der Waals surface area contributed by atoms with E-state index in [0.29, 0.717) is 32.5 Å². The fourth-order valence-corrected chi connectivity index (χ4v) is 3.46. The number of amides is 2. The van der Waals surface area contributed by atoms with E-state index in [1.165, 1.54) is 4.68 Å². The normalized spacial score (nSPS) is 21.4. The molecule has 2 aliphatic heterocycles. The van der Waals surface area contributed by atoms with Crippen molar-refractivity contribution in [2.75, 3.05) is 32.7 Å². The Labute approximate surface area is 159 Å². The van der Waals surface area contributed by atoms with Crippen LogP contribution in [0.3, 0.4) is 0 Å². The zero-order chi connectivity index (χ0) is 19.6. The molecule has 0 aliphatic carbocycles. The smallest absolute Gasteiger partial charge is 0.266 e. The SMILES string of the molecule is CC(C)(C)c1ccc(=O)n(CCN2CCN(C(=O)C3CCC(=O)N3)CC2)n1. The minimum Gasteiger partial charge on any atom is -0.344 e. The minimum absolute atomic E-state index is 0.0243. The summed E-state index contributed by atoms with van der Waals surface area (Å²) in [4.78, 5) is 39.9. The molecule has 0 saturated carbocycles. The van der Waals surface area contributed by atoms with E-state index in [4.69, 9.17) is 0 Å². The lowest BCUT2D eigenvalue weighted by Gasteiger charge is -2.35. The molecule has 3 heterocycles. The highest BCUT2D eigenvalue weighted by atomic mass is 16.2. The molecule has 2 aliphatic rings. The molecule has 0 spiro atoms. The Morgan fingerprint density at radius 3 is 2.44 bits per heavy atom. The van der Waals surface area contributed by atoms with Crippen LogP contribution in [-0.2, 0) is 21.5 Å². The van der Waals surface area contributed by atoms with Gasteiger partial charge in [0.15, 0.2) is 0 Å². The summed E-state index contributed by atoms with van der Waals surface area (Å²) >= 11 is 0. The Morgan fingerprint density at radius 2 is 1.85 bits per heavy atom. The summed E-state index contributed by atoms with van der Waals surface area (Å²) < 4.78 is 1.53. The molecule has 1 unspecified atom stereocenters. The van der Waals surface area contributed by atoms with Gasteiger partial charge in [-0.3, -0.25) is 19.3 Å². The van der Waals surface area contributed by atoms with Crippen LogP contribution in [0.2, 0.25) is 0 Å². The van der Waals surface area contributed by atoms with Crippen molar-refractivity contribution in [3.63, 3.8) is 0 Å². The average molecular weight is 375 g/mol. The third kappa shape index (κ3) is 4.74. The summed E-state index contributed by atoms with van der Waals surface area (Å²) in [5, 5.41) is 7.25. The molecule has 1 aromatic heterocycles. The third-order valence-electron chi connectivity index (χ3n) is 5.24. The third-order valence-corrected chi connectivity index (χ3v) is 5.24. The summed E-state index contributed by atoms with van der Waals surface area (Å²) in [6.07, 6.45) is 1.03. The molecule has 0 aromatic carbocycles. The number of hydrogen-bond donors (Lipinski definition) is 1. The largest absolute Gasteiger partial charge is 0.344 e. The lowest BCUT2D eigenvalue weighted by Crippen LogP contribution is -2.53. The van der Waals surface area contributed by atoms with Crippen LogP contribution in [0.4, 0.5) is 0 Å². The minimum atomic E-state index is -0.355. The number of carbonyl (C=O) groups is 2. The average Bonchev–Trinajstić information content (AvgIpc) is 3.06. The van der Waals surface area contributed by atoms with Crippen molar-refractivity contribution in [1.82, 2.24) is 24.9 Å². The van der Waals surface area contributed by atoms with Gasteiger partial charge in [0.2, 0.25) is 11.8 Å². The number of piperazine rings is 1. The quantitative estimate of drug-likeness (QED) is 0.798. The first-order valence-corrected chi connectivity index (χ1v) is 9.63. The fourth-order valence-electron chi connectivity index (χ4n) is 3.46. The van der Waals surface area contributed by atoms with Gasteiger partial charge in [-0.2, -0.15) is 5.10 Å². The summed E-state index contributed by atoms with van der Waals surface area (Å²) in [7, 11) is 0. The van der Waals surface area contributed by atoms with Gasteiger partial charge in [-0.05, 0) is 12.5 Å². The molecule has 2 saturated heterocycles. The molecule has 1 aromatic rings. The number of nitrogens with zero attached hydrogens (tertiary/aromatic N) is 4. The van der Waals surface area contributed by atoms with Crippen molar-refractivity contribution in [1.29, 1.82) is 0 Å². The van der Waals surface area contributed by atoms with E-state index in [1.54, 1.807) is 12.1 Å². The molecule has 0 radical (unpaired) electrons. The Morgan fingerprint density at radius 1 is 1.15 bits per heavy atom. The number of carbonyl (C=O) groups excluding carboxylic acids is 2. The first-order chi connectivity index (χ1) is 12.7. The molecule has 27 heavy (non-hydrogen) atoms. The molecule has 2 fully saturated rings. The summed E-state index contributed by atoms with van der Waals surface area (Å²) in [5.41, 5.74) is 0.710. The van der Waals surface area contributed by atoms with Crippen molar-refractivity contribution in [3.05, 3.63) is 28.2 Å². The van der Waals surface area contributed by atoms with Crippen LogP contribution in [0.5, 0.6) is 0 Å². The summed E-state index contributed by atoms with van der Waals surface area (Å²) in [5.74, 6) is -0.0151. The molecule has 1 N–H and O–H groups in total. The Bertz CT molecular complexity index is 759. The Balaban J connectivity index is 1.51.